The normalized spacial score (nSPS) is 15.1. The SMILES string of the molecule is Cc1cccc2cc(C(C)(O)CCNC(C)C)oc12. The fourth-order valence-corrected chi connectivity index (χ4v) is 2.20. The molecular weight excluding hydrogens is 238 g/mol. The minimum Gasteiger partial charge on any atom is -0.458 e. The Balaban J connectivity index is 2.20. The van der Waals surface area contributed by atoms with Crippen LogP contribution in [-0.2, 0) is 5.60 Å². The summed E-state index contributed by atoms with van der Waals surface area (Å²) in [6.45, 7) is 8.78. The van der Waals surface area contributed by atoms with E-state index in [4.69, 9.17) is 4.42 Å². The molecule has 104 valence electrons. The highest BCUT2D eigenvalue weighted by atomic mass is 16.4. The number of hydrogen-bond acceptors (Lipinski definition) is 3. The molecule has 19 heavy (non-hydrogen) atoms. The van der Waals surface area contributed by atoms with E-state index in [1.807, 2.05) is 38.1 Å². The minimum atomic E-state index is -0.937. The highest BCUT2D eigenvalue weighted by Gasteiger charge is 2.27. The molecular formula is C16H23NO2. The lowest BCUT2D eigenvalue weighted by molar-refractivity contribution is 0.0267. The molecule has 2 N–H and O–H groups in total. The lowest BCUT2D eigenvalue weighted by atomic mass is 9.98. The molecule has 0 amide bonds. The molecule has 1 atom stereocenters. The van der Waals surface area contributed by atoms with Gasteiger partial charge in [-0.05, 0) is 38.4 Å². The predicted molar refractivity (Wildman–Crippen MR) is 78.3 cm³/mol. The van der Waals surface area contributed by atoms with E-state index < -0.39 is 5.60 Å². The molecule has 0 saturated carbocycles. The number of para-hydroxylation sites is 1. The van der Waals surface area contributed by atoms with E-state index in [9.17, 15) is 5.11 Å². The summed E-state index contributed by atoms with van der Waals surface area (Å²) >= 11 is 0. The molecule has 2 rings (SSSR count). The Labute approximate surface area is 114 Å². The van der Waals surface area contributed by atoms with Gasteiger partial charge in [-0.25, -0.2) is 0 Å². The van der Waals surface area contributed by atoms with Gasteiger partial charge in [-0.3, -0.25) is 0 Å². The largest absolute Gasteiger partial charge is 0.458 e. The van der Waals surface area contributed by atoms with Crippen molar-refractivity contribution in [3.63, 3.8) is 0 Å². The van der Waals surface area contributed by atoms with Crippen molar-refractivity contribution in [1.29, 1.82) is 0 Å². The molecule has 1 aromatic carbocycles. The molecule has 1 heterocycles. The Bertz CT molecular complexity index is 555. The van der Waals surface area contributed by atoms with E-state index >= 15 is 0 Å². The maximum atomic E-state index is 10.6. The first-order chi connectivity index (χ1) is 8.90. The number of fused-ring (bicyclic) bond motifs is 1. The van der Waals surface area contributed by atoms with Gasteiger partial charge in [-0.15, -0.1) is 0 Å². The number of hydrogen-bond donors (Lipinski definition) is 2. The third-order valence-corrected chi connectivity index (χ3v) is 3.44. The summed E-state index contributed by atoms with van der Waals surface area (Å²) in [6.07, 6.45) is 0.629. The first-order valence-electron chi connectivity index (χ1n) is 6.85. The van der Waals surface area contributed by atoms with E-state index in [0.717, 1.165) is 23.1 Å². The summed E-state index contributed by atoms with van der Waals surface area (Å²) in [5, 5.41) is 14.9. The summed E-state index contributed by atoms with van der Waals surface area (Å²) < 4.78 is 5.84. The van der Waals surface area contributed by atoms with E-state index in [0.29, 0.717) is 18.2 Å². The zero-order valence-electron chi connectivity index (χ0n) is 12.2. The molecule has 0 aliphatic heterocycles. The van der Waals surface area contributed by atoms with Crippen molar-refractivity contribution >= 4 is 11.0 Å². The second-order valence-electron chi connectivity index (χ2n) is 5.74. The van der Waals surface area contributed by atoms with Crippen molar-refractivity contribution in [3.05, 3.63) is 35.6 Å². The van der Waals surface area contributed by atoms with Gasteiger partial charge in [0.25, 0.3) is 0 Å². The molecule has 0 bridgehead atoms. The minimum absolute atomic E-state index is 0.425. The molecule has 0 fully saturated rings. The molecule has 0 aliphatic carbocycles. The number of rotatable bonds is 5. The zero-order valence-corrected chi connectivity index (χ0v) is 12.2. The van der Waals surface area contributed by atoms with Crippen molar-refractivity contribution in [3.8, 4) is 0 Å². The fourth-order valence-electron chi connectivity index (χ4n) is 2.20. The highest BCUT2D eigenvalue weighted by Crippen LogP contribution is 2.31. The second kappa shape index (κ2) is 5.35. The monoisotopic (exact) mass is 261 g/mol. The quantitative estimate of drug-likeness (QED) is 0.867. The van der Waals surface area contributed by atoms with Crippen molar-refractivity contribution in [1.82, 2.24) is 5.32 Å². The number of nitrogens with one attached hydrogen (secondary N) is 1. The summed E-state index contributed by atoms with van der Waals surface area (Å²) in [7, 11) is 0. The number of furan rings is 1. The third-order valence-electron chi connectivity index (χ3n) is 3.44. The molecule has 3 heteroatoms. The van der Waals surface area contributed by atoms with Gasteiger partial charge in [-0.2, -0.15) is 0 Å². The van der Waals surface area contributed by atoms with Crippen LogP contribution in [0.15, 0.2) is 28.7 Å². The molecule has 0 spiro atoms. The first kappa shape index (κ1) is 14.1. The second-order valence-corrected chi connectivity index (χ2v) is 5.74. The fraction of sp³-hybridized carbons (Fsp3) is 0.500. The Hall–Kier alpha value is -1.32. The van der Waals surface area contributed by atoms with E-state index in [1.165, 1.54) is 0 Å². The standard InChI is InChI=1S/C16H23NO2/c1-11(2)17-9-8-16(4,18)14-10-13-7-5-6-12(3)15(13)19-14/h5-7,10-11,17-18H,8-9H2,1-4H3. The number of aryl methyl sites for hydroxylation is 1. The van der Waals surface area contributed by atoms with Crippen LogP contribution in [-0.4, -0.2) is 17.7 Å². The third kappa shape index (κ3) is 3.17. The molecule has 2 aromatic rings. The summed E-state index contributed by atoms with van der Waals surface area (Å²) in [5.41, 5.74) is 1.03. The van der Waals surface area contributed by atoms with Gasteiger partial charge in [0, 0.05) is 11.4 Å². The van der Waals surface area contributed by atoms with Crippen LogP contribution >= 0.6 is 0 Å². The van der Waals surface area contributed by atoms with Gasteiger partial charge >= 0.3 is 0 Å². The summed E-state index contributed by atoms with van der Waals surface area (Å²) in [4.78, 5) is 0. The number of aliphatic hydroxyl groups is 1. The van der Waals surface area contributed by atoms with Crippen LogP contribution in [0.3, 0.4) is 0 Å². The molecule has 0 aliphatic rings. The number of benzene rings is 1. The smallest absolute Gasteiger partial charge is 0.137 e. The van der Waals surface area contributed by atoms with Crippen molar-refractivity contribution in [2.45, 2.75) is 45.8 Å². The Morgan fingerprint density at radius 2 is 2.11 bits per heavy atom. The Morgan fingerprint density at radius 1 is 1.37 bits per heavy atom. The summed E-state index contributed by atoms with van der Waals surface area (Å²) in [5.74, 6) is 0.641. The average Bonchev–Trinajstić information content (AvgIpc) is 2.74. The van der Waals surface area contributed by atoms with Crippen LogP contribution in [0.2, 0.25) is 0 Å². The van der Waals surface area contributed by atoms with Crippen LogP contribution < -0.4 is 5.32 Å². The maximum absolute atomic E-state index is 10.6. The molecule has 0 radical (unpaired) electrons. The lowest BCUT2D eigenvalue weighted by Crippen LogP contribution is -2.30. The van der Waals surface area contributed by atoms with Crippen LogP contribution in [0.5, 0.6) is 0 Å². The first-order valence-corrected chi connectivity index (χ1v) is 6.85. The predicted octanol–water partition coefficient (Wildman–Crippen LogP) is 3.34. The van der Waals surface area contributed by atoms with Gasteiger partial charge in [0.05, 0.1) is 0 Å². The zero-order chi connectivity index (χ0) is 14.0. The van der Waals surface area contributed by atoms with Crippen LogP contribution in [0.4, 0.5) is 0 Å². The topological polar surface area (TPSA) is 45.4 Å². The van der Waals surface area contributed by atoms with Gasteiger partial charge in [0.1, 0.15) is 16.9 Å². The van der Waals surface area contributed by atoms with E-state index in [1.54, 1.807) is 0 Å². The van der Waals surface area contributed by atoms with Crippen LogP contribution in [0, 0.1) is 6.92 Å². The summed E-state index contributed by atoms with van der Waals surface area (Å²) in [6, 6.07) is 8.40. The van der Waals surface area contributed by atoms with Gasteiger partial charge in [0.15, 0.2) is 0 Å². The van der Waals surface area contributed by atoms with Crippen LogP contribution in [0.25, 0.3) is 11.0 Å². The average molecular weight is 261 g/mol. The Morgan fingerprint density at radius 3 is 2.74 bits per heavy atom. The van der Waals surface area contributed by atoms with E-state index in [2.05, 4.69) is 19.2 Å². The van der Waals surface area contributed by atoms with Gasteiger partial charge in [0.2, 0.25) is 0 Å². The molecule has 3 nitrogen and oxygen atoms in total. The molecule has 1 unspecified atom stereocenters. The highest BCUT2D eigenvalue weighted by molar-refractivity contribution is 5.81. The van der Waals surface area contributed by atoms with Gasteiger partial charge < -0.3 is 14.8 Å². The van der Waals surface area contributed by atoms with Crippen LogP contribution in [0.1, 0.15) is 38.5 Å². The molecule has 0 saturated heterocycles. The molecule has 1 aromatic heterocycles. The van der Waals surface area contributed by atoms with Crippen molar-refractivity contribution in [2.24, 2.45) is 0 Å². The van der Waals surface area contributed by atoms with Gasteiger partial charge in [-0.1, -0.05) is 32.0 Å². The Kier molecular flexibility index (Phi) is 3.97. The maximum Gasteiger partial charge on any atom is 0.137 e. The lowest BCUT2D eigenvalue weighted by Gasteiger charge is -2.21. The van der Waals surface area contributed by atoms with E-state index in [-0.39, 0.29) is 0 Å². The van der Waals surface area contributed by atoms with Crippen molar-refractivity contribution in [2.75, 3.05) is 6.54 Å². The van der Waals surface area contributed by atoms with Crippen molar-refractivity contribution < 1.29 is 9.52 Å².